The average molecular weight is 200 g/mol. The molecule has 0 aromatic heterocycles. The fourth-order valence-corrected chi connectivity index (χ4v) is 2.09. The number of fused-ring (bicyclic) bond motifs is 1. The third kappa shape index (κ3) is 1.56. The van der Waals surface area contributed by atoms with Gasteiger partial charge in [0.2, 0.25) is 0 Å². The Labute approximate surface area is 81.7 Å². The summed E-state index contributed by atoms with van der Waals surface area (Å²) in [6.07, 6.45) is 2.51. The van der Waals surface area contributed by atoms with Crippen LogP contribution in [0, 0.1) is 5.82 Å². The number of nitrogens with two attached hydrogens (primary N) is 1. The van der Waals surface area contributed by atoms with Gasteiger partial charge < -0.3 is 5.73 Å². The van der Waals surface area contributed by atoms with Gasteiger partial charge in [-0.3, -0.25) is 0 Å². The predicted octanol–water partition coefficient (Wildman–Crippen LogP) is 2.30. The first-order valence-corrected chi connectivity index (χ1v) is 4.77. The zero-order valence-corrected chi connectivity index (χ0v) is 7.94. The van der Waals surface area contributed by atoms with Gasteiger partial charge in [-0.15, -0.1) is 0 Å². The van der Waals surface area contributed by atoms with Crippen molar-refractivity contribution in [2.75, 3.05) is 0 Å². The summed E-state index contributed by atoms with van der Waals surface area (Å²) in [6.45, 7) is 0. The van der Waals surface area contributed by atoms with E-state index in [9.17, 15) is 4.39 Å². The molecular weight excluding hydrogens is 189 g/mol. The minimum absolute atomic E-state index is 0.203. The summed E-state index contributed by atoms with van der Waals surface area (Å²) in [7, 11) is 0. The van der Waals surface area contributed by atoms with E-state index in [2.05, 4.69) is 0 Å². The molecule has 0 spiro atoms. The van der Waals surface area contributed by atoms with E-state index in [1.165, 1.54) is 6.07 Å². The van der Waals surface area contributed by atoms with Gasteiger partial charge in [0.25, 0.3) is 0 Å². The van der Waals surface area contributed by atoms with Crippen molar-refractivity contribution < 1.29 is 4.39 Å². The van der Waals surface area contributed by atoms with Gasteiger partial charge in [0.1, 0.15) is 5.82 Å². The lowest BCUT2D eigenvalue weighted by Crippen LogP contribution is -2.28. The van der Waals surface area contributed by atoms with E-state index in [1.807, 2.05) is 0 Å². The van der Waals surface area contributed by atoms with Gasteiger partial charge in [-0.05, 0) is 36.5 Å². The van der Waals surface area contributed by atoms with Crippen LogP contribution in [-0.2, 0) is 12.8 Å². The van der Waals surface area contributed by atoms with Gasteiger partial charge in [0.15, 0.2) is 0 Å². The quantitative estimate of drug-likeness (QED) is 0.682. The first-order valence-electron chi connectivity index (χ1n) is 4.40. The zero-order chi connectivity index (χ0) is 9.42. The minimum atomic E-state index is -0.323. The monoisotopic (exact) mass is 199 g/mol. The average Bonchev–Trinajstić information content (AvgIpc) is 2.12. The molecule has 0 bridgehead atoms. The lowest BCUT2D eigenvalue weighted by molar-refractivity contribution is 0.566. The fourth-order valence-electron chi connectivity index (χ4n) is 1.81. The molecule has 0 saturated carbocycles. The first-order chi connectivity index (χ1) is 6.18. The van der Waals surface area contributed by atoms with Crippen molar-refractivity contribution in [3.05, 3.63) is 34.1 Å². The zero-order valence-electron chi connectivity index (χ0n) is 7.19. The SMILES string of the molecule is NC1CCc2c(ccc(F)c2Cl)C1. The standard InChI is InChI=1S/C10H11ClFN/c11-10-8-3-2-7(13)5-6(8)1-4-9(10)12/h1,4,7H,2-3,5,13H2. The second-order valence-electron chi connectivity index (χ2n) is 3.50. The maximum absolute atomic E-state index is 13.0. The van der Waals surface area contributed by atoms with Crippen LogP contribution < -0.4 is 5.73 Å². The second kappa shape index (κ2) is 3.28. The Balaban J connectivity index is 2.47. The van der Waals surface area contributed by atoms with E-state index in [0.29, 0.717) is 0 Å². The summed E-state index contributed by atoms with van der Waals surface area (Å²) in [4.78, 5) is 0. The summed E-state index contributed by atoms with van der Waals surface area (Å²) >= 11 is 5.84. The molecule has 0 heterocycles. The van der Waals surface area contributed by atoms with Crippen LogP contribution in [0.3, 0.4) is 0 Å². The molecular formula is C10H11ClFN. The van der Waals surface area contributed by atoms with E-state index in [0.717, 1.165) is 30.4 Å². The van der Waals surface area contributed by atoms with Crippen LogP contribution in [0.5, 0.6) is 0 Å². The summed E-state index contributed by atoms with van der Waals surface area (Å²) in [5, 5.41) is 0.282. The van der Waals surface area contributed by atoms with Crippen molar-refractivity contribution in [3.63, 3.8) is 0 Å². The van der Waals surface area contributed by atoms with Crippen LogP contribution in [0.4, 0.5) is 4.39 Å². The molecule has 0 amide bonds. The van der Waals surface area contributed by atoms with E-state index in [-0.39, 0.29) is 16.9 Å². The van der Waals surface area contributed by atoms with Crippen LogP contribution in [0.15, 0.2) is 12.1 Å². The van der Waals surface area contributed by atoms with Crippen molar-refractivity contribution >= 4 is 11.6 Å². The molecule has 0 aliphatic heterocycles. The van der Waals surface area contributed by atoms with Crippen LogP contribution in [-0.4, -0.2) is 6.04 Å². The highest BCUT2D eigenvalue weighted by Crippen LogP contribution is 2.29. The Morgan fingerprint density at radius 1 is 1.46 bits per heavy atom. The normalized spacial score (nSPS) is 21.3. The number of rotatable bonds is 0. The van der Waals surface area contributed by atoms with E-state index >= 15 is 0 Å². The highest BCUT2D eigenvalue weighted by molar-refractivity contribution is 6.31. The first kappa shape index (κ1) is 8.97. The number of benzene rings is 1. The summed E-state index contributed by atoms with van der Waals surface area (Å²) < 4.78 is 13.0. The lowest BCUT2D eigenvalue weighted by Gasteiger charge is -2.22. The molecule has 1 nitrogen and oxygen atoms in total. The third-order valence-electron chi connectivity index (χ3n) is 2.54. The van der Waals surface area contributed by atoms with Gasteiger partial charge in [0, 0.05) is 6.04 Å². The molecule has 0 fully saturated rings. The molecule has 1 aliphatic carbocycles. The fraction of sp³-hybridized carbons (Fsp3) is 0.400. The molecule has 1 aliphatic rings. The van der Waals surface area contributed by atoms with Gasteiger partial charge in [0.05, 0.1) is 5.02 Å². The second-order valence-corrected chi connectivity index (χ2v) is 3.88. The largest absolute Gasteiger partial charge is 0.327 e. The number of hydrogen-bond acceptors (Lipinski definition) is 1. The molecule has 70 valence electrons. The number of halogens is 2. The van der Waals surface area contributed by atoms with Crippen molar-refractivity contribution in [2.45, 2.75) is 25.3 Å². The van der Waals surface area contributed by atoms with E-state index < -0.39 is 0 Å². The Kier molecular flexibility index (Phi) is 2.26. The maximum Gasteiger partial charge on any atom is 0.142 e. The molecule has 1 aromatic carbocycles. The maximum atomic E-state index is 13.0. The molecule has 13 heavy (non-hydrogen) atoms. The summed E-state index contributed by atoms with van der Waals surface area (Å²) in [5.41, 5.74) is 7.85. The van der Waals surface area contributed by atoms with Crippen molar-refractivity contribution in [3.8, 4) is 0 Å². The Morgan fingerprint density at radius 2 is 2.23 bits per heavy atom. The van der Waals surface area contributed by atoms with E-state index in [1.54, 1.807) is 6.07 Å². The van der Waals surface area contributed by atoms with Crippen molar-refractivity contribution in [1.29, 1.82) is 0 Å². The Morgan fingerprint density at radius 3 is 3.00 bits per heavy atom. The Bertz CT molecular complexity index is 338. The molecule has 2 N–H and O–H groups in total. The van der Waals surface area contributed by atoms with Crippen LogP contribution in [0.1, 0.15) is 17.5 Å². The highest BCUT2D eigenvalue weighted by atomic mass is 35.5. The van der Waals surface area contributed by atoms with E-state index in [4.69, 9.17) is 17.3 Å². The smallest absolute Gasteiger partial charge is 0.142 e. The topological polar surface area (TPSA) is 26.0 Å². The molecule has 1 atom stereocenters. The summed E-state index contributed by atoms with van der Waals surface area (Å²) in [6, 6.07) is 3.41. The molecule has 1 unspecified atom stereocenters. The molecule has 2 rings (SSSR count). The molecule has 0 radical (unpaired) electrons. The van der Waals surface area contributed by atoms with Crippen molar-refractivity contribution in [1.82, 2.24) is 0 Å². The predicted molar refractivity (Wildman–Crippen MR) is 51.4 cm³/mol. The van der Waals surface area contributed by atoms with Gasteiger partial charge >= 0.3 is 0 Å². The van der Waals surface area contributed by atoms with Gasteiger partial charge in [-0.25, -0.2) is 4.39 Å². The molecule has 0 saturated heterocycles. The molecule has 3 heteroatoms. The molecule has 1 aromatic rings. The van der Waals surface area contributed by atoms with Crippen LogP contribution in [0.2, 0.25) is 5.02 Å². The Hall–Kier alpha value is -0.600. The number of hydrogen-bond donors (Lipinski definition) is 1. The van der Waals surface area contributed by atoms with Crippen LogP contribution in [0.25, 0.3) is 0 Å². The minimum Gasteiger partial charge on any atom is -0.327 e. The van der Waals surface area contributed by atoms with Gasteiger partial charge in [-0.1, -0.05) is 17.7 Å². The summed E-state index contributed by atoms with van der Waals surface area (Å²) in [5.74, 6) is -0.323. The third-order valence-corrected chi connectivity index (χ3v) is 2.95. The van der Waals surface area contributed by atoms with Gasteiger partial charge in [-0.2, -0.15) is 0 Å². The van der Waals surface area contributed by atoms with Crippen LogP contribution >= 0.6 is 11.6 Å². The lowest BCUT2D eigenvalue weighted by atomic mass is 9.89. The highest BCUT2D eigenvalue weighted by Gasteiger charge is 2.19. The van der Waals surface area contributed by atoms with Crippen molar-refractivity contribution in [2.24, 2.45) is 5.73 Å².